The van der Waals surface area contributed by atoms with Gasteiger partial charge in [0.05, 0.1) is 0 Å². The molecule has 122 valence electrons. The van der Waals surface area contributed by atoms with Crippen molar-refractivity contribution in [3.05, 3.63) is 35.9 Å². The lowest BCUT2D eigenvalue weighted by Crippen LogP contribution is -2.48. The molecule has 0 spiro atoms. The summed E-state index contributed by atoms with van der Waals surface area (Å²) in [5.41, 5.74) is 0.503. The van der Waals surface area contributed by atoms with Crippen molar-refractivity contribution in [1.29, 1.82) is 0 Å². The van der Waals surface area contributed by atoms with Crippen LogP contribution in [0.1, 0.15) is 24.8 Å². The number of aliphatic carboxylic acids is 1. The van der Waals surface area contributed by atoms with Gasteiger partial charge in [0.25, 0.3) is 5.92 Å². The number of ether oxygens (including phenoxy) is 1. The summed E-state index contributed by atoms with van der Waals surface area (Å²) in [6.45, 7) is 1.06. The summed E-state index contributed by atoms with van der Waals surface area (Å²) in [5, 5.41) is 12.0. The minimum atomic E-state index is -3.07. The van der Waals surface area contributed by atoms with Gasteiger partial charge in [-0.05, 0) is 18.4 Å². The minimum Gasteiger partial charge on any atom is -0.480 e. The van der Waals surface area contributed by atoms with E-state index in [9.17, 15) is 18.7 Å². The molecule has 4 nitrogen and oxygen atoms in total. The number of halogens is 2. The second kappa shape index (κ2) is 7.65. The van der Waals surface area contributed by atoms with E-state index in [1.54, 1.807) is 30.3 Å². The molecule has 2 N–H and O–H groups in total. The van der Waals surface area contributed by atoms with Crippen LogP contribution in [0.3, 0.4) is 0 Å². The van der Waals surface area contributed by atoms with Crippen molar-refractivity contribution in [3.8, 4) is 0 Å². The van der Waals surface area contributed by atoms with Gasteiger partial charge in [-0.15, -0.1) is 0 Å². The van der Waals surface area contributed by atoms with Crippen molar-refractivity contribution in [3.63, 3.8) is 0 Å². The first-order valence-corrected chi connectivity index (χ1v) is 7.45. The Morgan fingerprint density at radius 1 is 1.32 bits per heavy atom. The van der Waals surface area contributed by atoms with Crippen molar-refractivity contribution in [1.82, 2.24) is 5.32 Å². The van der Waals surface area contributed by atoms with Crippen LogP contribution in [0.15, 0.2) is 30.3 Å². The average molecular weight is 313 g/mol. The SMILES string of the molecule is O=C(O)[C@H](CC(F)(F)Cc1ccccc1)NC1CCOCC1. The maximum absolute atomic E-state index is 14.1. The van der Waals surface area contributed by atoms with Crippen molar-refractivity contribution in [2.24, 2.45) is 0 Å². The molecule has 0 radical (unpaired) electrons. The summed E-state index contributed by atoms with van der Waals surface area (Å²) in [7, 11) is 0. The molecule has 22 heavy (non-hydrogen) atoms. The van der Waals surface area contributed by atoms with Crippen molar-refractivity contribution >= 4 is 5.97 Å². The van der Waals surface area contributed by atoms with Gasteiger partial charge in [0.15, 0.2) is 0 Å². The van der Waals surface area contributed by atoms with Gasteiger partial charge < -0.3 is 15.2 Å². The monoisotopic (exact) mass is 313 g/mol. The van der Waals surface area contributed by atoms with Crippen LogP contribution in [0.4, 0.5) is 8.78 Å². The molecule has 6 heteroatoms. The molecule has 0 saturated carbocycles. The lowest BCUT2D eigenvalue weighted by molar-refractivity contribution is -0.143. The molecule has 1 atom stereocenters. The van der Waals surface area contributed by atoms with Crippen molar-refractivity contribution < 1.29 is 23.4 Å². The molecule has 1 aromatic rings. The first kappa shape index (κ1) is 16.8. The minimum absolute atomic E-state index is 0.0811. The van der Waals surface area contributed by atoms with Crippen LogP contribution in [-0.4, -0.2) is 42.3 Å². The van der Waals surface area contributed by atoms with Crippen molar-refractivity contribution in [2.75, 3.05) is 13.2 Å². The molecule has 0 bridgehead atoms. The second-order valence-corrected chi connectivity index (χ2v) is 5.67. The smallest absolute Gasteiger partial charge is 0.320 e. The van der Waals surface area contributed by atoms with Gasteiger partial charge in [0.1, 0.15) is 6.04 Å². The highest BCUT2D eigenvalue weighted by Gasteiger charge is 2.36. The zero-order chi connectivity index (χ0) is 16.0. The molecule has 1 aliphatic rings. The fourth-order valence-electron chi connectivity index (χ4n) is 2.63. The lowest BCUT2D eigenvalue weighted by atomic mass is 9.99. The van der Waals surface area contributed by atoms with E-state index in [2.05, 4.69) is 5.32 Å². The highest BCUT2D eigenvalue weighted by atomic mass is 19.3. The van der Waals surface area contributed by atoms with Crippen molar-refractivity contribution in [2.45, 2.75) is 43.7 Å². The van der Waals surface area contributed by atoms with E-state index in [4.69, 9.17) is 4.74 Å². The molecule has 1 fully saturated rings. The molecular weight excluding hydrogens is 292 g/mol. The summed E-state index contributed by atoms with van der Waals surface area (Å²) < 4.78 is 33.5. The van der Waals surface area contributed by atoms with Crippen LogP contribution in [0, 0.1) is 0 Å². The number of nitrogens with one attached hydrogen (secondary N) is 1. The Morgan fingerprint density at radius 2 is 1.95 bits per heavy atom. The quantitative estimate of drug-likeness (QED) is 0.812. The Hall–Kier alpha value is -1.53. The van der Waals surface area contributed by atoms with E-state index >= 15 is 0 Å². The van der Waals surface area contributed by atoms with Gasteiger partial charge in [-0.25, -0.2) is 8.78 Å². The molecule has 0 aromatic heterocycles. The Kier molecular flexibility index (Phi) is 5.85. The second-order valence-electron chi connectivity index (χ2n) is 5.67. The summed E-state index contributed by atoms with van der Waals surface area (Å²) in [5.74, 6) is -4.30. The molecule has 2 rings (SSSR count). The van der Waals surface area contributed by atoms with Crippen LogP contribution in [0.5, 0.6) is 0 Å². The van der Waals surface area contributed by atoms with Gasteiger partial charge in [-0.1, -0.05) is 30.3 Å². The van der Waals surface area contributed by atoms with E-state index < -0.39 is 30.8 Å². The number of alkyl halides is 2. The van der Waals surface area contributed by atoms with E-state index in [0.29, 0.717) is 31.6 Å². The number of carboxylic acid groups (broad SMARTS) is 1. The summed E-state index contributed by atoms with van der Waals surface area (Å²) in [6.07, 6.45) is 0.129. The van der Waals surface area contributed by atoms with Gasteiger partial charge in [-0.3, -0.25) is 4.79 Å². The predicted molar refractivity (Wildman–Crippen MR) is 78.1 cm³/mol. The van der Waals surface area contributed by atoms with E-state index in [0.717, 1.165) is 0 Å². The maximum atomic E-state index is 14.1. The van der Waals surface area contributed by atoms with Crippen LogP contribution >= 0.6 is 0 Å². The Balaban J connectivity index is 1.94. The summed E-state index contributed by atoms with van der Waals surface area (Å²) >= 11 is 0. The number of carbonyl (C=O) groups is 1. The molecule has 0 amide bonds. The number of rotatable bonds is 7. The predicted octanol–water partition coefficient (Wildman–Crippen LogP) is 2.48. The first-order valence-electron chi connectivity index (χ1n) is 7.45. The highest BCUT2D eigenvalue weighted by molar-refractivity contribution is 5.73. The fourth-order valence-corrected chi connectivity index (χ4v) is 2.63. The molecule has 1 aromatic carbocycles. The van der Waals surface area contributed by atoms with E-state index in [-0.39, 0.29) is 6.04 Å². The first-order chi connectivity index (χ1) is 10.5. The van der Waals surface area contributed by atoms with Gasteiger partial charge in [0, 0.05) is 32.1 Å². The topological polar surface area (TPSA) is 58.6 Å². The third kappa shape index (κ3) is 5.35. The molecule has 1 saturated heterocycles. The van der Waals surface area contributed by atoms with Crippen LogP contribution in [-0.2, 0) is 16.0 Å². The standard InChI is InChI=1S/C16H21F2NO3/c17-16(18,10-12-4-2-1-3-5-12)11-14(15(20)21)19-13-6-8-22-9-7-13/h1-5,13-14,19H,6-11H2,(H,20,21)/t14-/m0/s1. The van der Waals surface area contributed by atoms with Gasteiger partial charge >= 0.3 is 5.97 Å². The third-order valence-corrected chi connectivity index (χ3v) is 3.76. The number of hydrogen-bond acceptors (Lipinski definition) is 3. The number of benzene rings is 1. The fraction of sp³-hybridized carbons (Fsp3) is 0.562. The van der Waals surface area contributed by atoms with E-state index in [1.165, 1.54) is 0 Å². The molecular formula is C16H21F2NO3. The molecule has 1 aliphatic heterocycles. The third-order valence-electron chi connectivity index (χ3n) is 3.76. The normalized spacial score (nSPS) is 18.1. The van der Waals surface area contributed by atoms with Gasteiger partial charge in [0.2, 0.25) is 0 Å². The Morgan fingerprint density at radius 3 is 2.55 bits per heavy atom. The van der Waals surface area contributed by atoms with Crippen LogP contribution in [0.25, 0.3) is 0 Å². The highest BCUT2D eigenvalue weighted by Crippen LogP contribution is 2.26. The zero-order valence-corrected chi connectivity index (χ0v) is 12.3. The largest absolute Gasteiger partial charge is 0.480 e. The molecule has 0 unspecified atom stereocenters. The Bertz CT molecular complexity index is 476. The molecule has 1 heterocycles. The molecule has 0 aliphatic carbocycles. The van der Waals surface area contributed by atoms with Gasteiger partial charge in [-0.2, -0.15) is 0 Å². The number of carboxylic acids is 1. The average Bonchev–Trinajstić information content (AvgIpc) is 2.48. The zero-order valence-electron chi connectivity index (χ0n) is 12.3. The lowest BCUT2D eigenvalue weighted by Gasteiger charge is -2.28. The maximum Gasteiger partial charge on any atom is 0.320 e. The van der Waals surface area contributed by atoms with E-state index in [1.807, 2.05) is 0 Å². The Labute approximate surface area is 128 Å². The summed E-state index contributed by atoms with van der Waals surface area (Å²) in [4.78, 5) is 11.3. The van der Waals surface area contributed by atoms with Crippen LogP contribution < -0.4 is 5.32 Å². The number of hydrogen-bond donors (Lipinski definition) is 2. The summed E-state index contributed by atoms with van der Waals surface area (Å²) in [6, 6.07) is 7.06. The van der Waals surface area contributed by atoms with Crippen LogP contribution in [0.2, 0.25) is 0 Å².